The first-order chi connectivity index (χ1) is 8.60. The molecule has 3 nitrogen and oxygen atoms in total. The van der Waals surface area contributed by atoms with Gasteiger partial charge in [0.2, 0.25) is 0 Å². The number of nitrogens with one attached hydrogen (secondary N) is 1. The fourth-order valence-electron chi connectivity index (χ4n) is 2.26. The van der Waals surface area contributed by atoms with Crippen molar-refractivity contribution < 1.29 is 9.18 Å². The highest BCUT2D eigenvalue weighted by atomic mass is 32.2. The number of thioether (sulfide) groups is 1. The van der Waals surface area contributed by atoms with Crippen LogP contribution < -0.4 is 11.1 Å². The van der Waals surface area contributed by atoms with E-state index in [0.29, 0.717) is 10.9 Å². The summed E-state index contributed by atoms with van der Waals surface area (Å²) in [6, 6.07) is 4.30. The quantitative estimate of drug-likeness (QED) is 0.828. The van der Waals surface area contributed by atoms with E-state index in [2.05, 4.69) is 11.6 Å². The molecule has 0 heterocycles. The van der Waals surface area contributed by atoms with Gasteiger partial charge in [-0.1, -0.05) is 0 Å². The maximum absolute atomic E-state index is 13.6. The third-order valence-electron chi connectivity index (χ3n) is 3.29. The summed E-state index contributed by atoms with van der Waals surface area (Å²) >= 11 is 1.82. The number of hydrogen-bond acceptors (Lipinski definition) is 3. The highest BCUT2D eigenvalue weighted by molar-refractivity contribution is 7.99. The first kappa shape index (κ1) is 13.2. The van der Waals surface area contributed by atoms with Gasteiger partial charge in [0.15, 0.2) is 0 Å². The molecule has 0 radical (unpaired) electrons. The Kier molecular flexibility index (Phi) is 4.11. The van der Waals surface area contributed by atoms with Gasteiger partial charge in [-0.25, -0.2) is 4.39 Å². The predicted octanol–water partition coefficient (Wildman–Crippen LogP) is 2.42. The van der Waals surface area contributed by atoms with E-state index in [4.69, 9.17) is 5.73 Å². The number of nitrogens with two attached hydrogens (primary N) is 1. The molecule has 0 saturated heterocycles. The van der Waals surface area contributed by atoms with Crippen molar-refractivity contribution in [3.63, 3.8) is 0 Å². The molecule has 1 aliphatic rings. The number of benzene rings is 1. The molecule has 1 fully saturated rings. The van der Waals surface area contributed by atoms with E-state index >= 15 is 0 Å². The molecule has 1 saturated carbocycles. The molecular weight excluding hydrogens is 251 g/mol. The van der Waals surface area contributed by atoms with Crippen molar-refractivity contribution in [3.8, 4) is 0 Å². The van der Waals surface area contributed by atoms with Crippen molar-refractivity contribution in [2.45, 2.75) is 30.6 Å². The maximum atomic E-state index is 13.6. The van der Waals surface area contributed by atoms with E-state index in [1.807, 2.05) is 11.8 Å². The summed E-state index contributed by atoms with van der Waals surface area (Å²) in [5.74, 6) is -0.911. The summed E-state index contributed by atoms with van der Waals surface area (Å²) in [4.78, 5) is 11.9. The van der Waals surface area contributed by atoms with Crippen molar-refractivity contribution in [2.24, 2.45) is 0 Å². The molecule has 98 valence electrons. The number of anilines is 1. The Bertz CT molecular complexity index is 453. The van der Waals surface area contributed by atoms with Gasteiger partial charge >= 0.3 is 0 Å². The van der Waals surface area contributed by atoms with E-state index in [1.165, 1.54) is 18.2 Å². The lowest BCUT2D eigenvalue weighted by molar-refractivity contribution is 0.0934. The third-order valence-corrected chi connectivity index (χ3v) is 4.39. The summed E-state index contributed by atoms with van der Waals surface area (Å²) < 4.78 is 13.6. The van der Waals surface area contributed by atoms with Gasteiger partial charge < -0.3 is 11.1 Å². The van der Waals surface area contributed by atoms with Gasteiger partial charge in [-0.15, -0.1) is 0 Å². The lowest BCUT2D eigenvalue weighted by Crippen LogP contribution is -2.33. The maximum Gasteiger partial charge on any atom is 0.254 e. The summed E-state index contributed by atoms with van der Waals surface area (Å²) in [5.41, 5.74) is 5.85. The Morgan fingerprint density at radius 1 is 1.50 bits per heavy atom. The molecule has 3 N–H and O–H groups in total. The van der Waals surface area contributed by atoms with Gasteiger partial charge in [-0.05, 0) is 43.7 Å². The zero-order chi connectivity index (χ0) is 13.1. The van der Waals surface area contributed by atoms with Crippen molar-refractivity contribution >= 4 is 23.4 Å². The van der Waals surface area contributed by atoms with Crippen LogP contribution >= 0.6 is 11.8 Å². The van der Waals surface area contributed by atoms with Gasteiger partial charge in [-0.2, -0.15) is 11.8 Å². The van der Waals surface area contributed by atoms with Crippen molar-refractivity contribution in [3.05, 3.63) is 29.6 Å². The fraction of sp³-hybridized carbons (Fsp3) is 0.462. The zero-order valence-electron chi connectivity index (χ0n) is 10.3. The van der Waals surface area contributed by atoms with Crippen LogP contribution in [0.3, 0.4) is 0 Å². The lowest BCUT2D eigenvalue weighted by Gasteiger charge is -2.13. The van der Waals surface area contributed by atoms with Crippen LogP contribution in [0.5, 0.6) is 0 Å². The molecular formula is C13H17FN2OS. The number of rotatable bonds is 3. The van der Waals surface area contributed by atoms with Crippen LogP contribution in [0.2, 0.25) is 0 Å². The summed E-state index contributed by atoms with van der Waals surface area (Å²) in [7, 11) is 0. The second-order valence-electron chi connectivity index (χ2n) is 4.58. The fourth-order valence-corrected chi connectivity index (χ4v) is 3.06. The van der Waals surface area contributed by atoms with Crippen molar-refractivity contribution in [1.82, 2.24) is 5.32 Å². The molecule has 2 atom stereocenters. The molecule has 0 aromatic heterocycles. The highest BCUT2D eigenvalue weighted by Gasteiger charge is 2.26. The van der Waals surface area contributed by atoms with E-state index in [0.717, 1.165) is 19.3 Å². The minimum absolute atomic E-state index is 0.0665. The topological polar surface area (TPSA) is 55.1 Å². The molecule has 2 rings (SSSR count). The summed E-state index contributed by atoms with van der Waals surface area (Å²) in [6.07, 6.45) is 5.11. The Hall–Kier alpha value is -1.23. The van der Waals surface area contributed by atoms with Gasteiger partial charge in [0, 0.05) is 17.0 Å². The van der Waals surface area contributed by atoms with E-state index < -0.39 is 5.82 Å². The van der Waals surface area contributed by atoms with E-state index in [9.17, 15) is 9.18 Å². The largest absolute Gasteiger partial charge is 0.399 e. The molecule has 1 aromatic rings. The molecule has 5 heteroatoms. The summed E-state index contributed by atoms with van der Waals surface area (Å²) in [5, 5.41) is 3.49. The predicted molar refractivity (Wildman–Crippen MR) is 73.2 cm³/mol. The number of carbonyl (C=O) groups excluding carboxylic acids is 1. The molecule has 1 aromatic carbocycles. The molecule has 1 amide bonds. The van der Waals surface area contributed by atoms with Gasteiger partial charge in [0.25, 0.3) is 5.91 Å². The number of halogens is 1. The van der Waals surface area contributed by atoms with Gasteiger partial charge in [0.1, 0.15) is 5.82 Å². The number of amides is 1. The third kappa shape index (κ3) is 2.96. The molecule has 0 bridgehead atoms. The van der Waals surface area contributed by atoms with Crippen molar-refractivity contribution in [2.75, 3.05) is 12.0 Å². The minimum Gasteiger partial charge on any atom is -0.399 e. The Labute approximate surface area is 110 Å². The number of carbonyl (C=O) groups is 1. The lowest BCUT2D eigenvalue weighted by atomic mass is 10.1. The Balaban J connectivity index is 2.00. The van der Waals surface area contributed by atoms with Crippen LogP contribution in [0.15, 0.2) is 18.2 Å². The average molecular weight is 268 g/mol. The van der Waals surface area contributed by atoms with Crippen LogP contribution in [0.4, 0.5) is 10.1 Å². The second kappa shape index (κ2) is 5.61. The van der Waals surface area contributed by atoms with Crippen LogP contribution in [0.1, 0.15) is 29.6 Å². The first-order valence-corrected chi connectivity index (χ1v) is 7.27. The smallest absolute Gasteiger partial charge is 0.254 e. The van der Waals surface area contributed by atoms with Crippen LogP contribution in [-0.2, 0) is 0 Å². The first-order valence-electron chi connectivity index (χ1n) is 5.99. The number of nitrogen functional groups attached to an aromatic ring is 1. The molecule has 1 aliphatic carbocycles. The van der Waals surface area contributed by atoms with E-state index in [-0.39, 0.29) is 17.5 Å². The standard InChI is InChI=1S/C13H17FN2OS/c1-18-10-4-3-9(7-10)16-13(17)11-5-2-8(15)6-12(11)14/h2,5-6,9-10H,3-4,7,15H2,1H3,(H,16,17). The van der Waals surface area contributed by atoms with Crippen LogP contribution in [-0.4, -0.2) is 23.5 Å². The monoisotopic (exact) mass is 268 g/mol. The SMILES string of the molecule is CSC1CCC(NC(=O)c2ccc(N)cc2F)C1. The second-order valence-corrected chi connectivity index (χ2v) is 5.72. The average Bonchev–Trinajstić information content (AvgIpc) is 2.76. The Morgan fingerprint density at radius 2 is 2.28 bits per heavy atom. The molecule has 18 heavy (non-hydrogen) atoms. The minimum atomic E-state index is -0.563. The molecule has 0 aliphatic heterocycles. The zero-order valence-corrected chi connectivity index (χ0v) is 11.1. The van der Waals surface area contributed by atoms with Crippen LogP contribution in [0, 0.1) is 5.82 Å². The van der Waals surface area contributed by atoms with Crippen LogP contribution in [0.25, 0.3) is 0 Å². The van der Waals surface area contributed by atoms with Gasteiger partial charge in [-0.3, -0.25) is 4.79 Å². The van der Waals surface area contributed by atoms with E-state index in [1.54, 1.807) is 0 Å². The highest BCUT2D eigenvalue weighted by Crippen LogP contribution is 2.28. The number of hydrogen-bond donors (Lipinski definition) is 2. The molecule has 0 spiro atoms. The van der Waals surface area contributed by atoms with Gasteiger partial charge in [0.05, 0.1) is 5.56 Å². The molecule has 2 unspecified atom stereocenters. The Morgan fingerprint density at radius 3 is 2.89 bits per heavy atom. The normalized spacial score (nSPS) is 23.0. The summed E-state index contributed by atoms with van der Waals surface area (Å²) in [6.45, 7) is 0. The van der Waals surface area contributed by atoms with Crippen molar-refractivity contribution in [1.29, 1.82) is 0 Å².